The minimum absolute atomic E-state index is 0.210. The SMILES string of the molecule is COc1ccc(OC)c(C(=O)O[C@H]2CCOC2=O)c1. The zero-order valence-corrected chi connectivity index (χ0v) is 10.7. The lowest BCUT2D eigenvalue weighted by Crippen LogP contribution is -2.23. The molecule has 0 unspecified atom stereocenters. The van der Waals surface area contributed by atoms with E-state index in [0.717, 1.165) is 0 Å². The lowest BCUT2D eigenvalue weighted by atomic mass is 10.2. The molecule has 1 heterocycles. The molecule has 0 bridgehead atoms. The monoisotopic (exact) mass is 266 g/mol. The molecule has 1 fully saturated rings. The second-order valence-electron chi connectivity index (χ2n) is 3.92. The van der Waals surface area contributed by atoms with E-state index in [1.54, 1.807) is 12.1 Å². The summed E-state index contributed by atoms with van der Waals surface area (Å²) < 4.78 is 20.0. The van der Waals surface area contributed by atoms with Crippen LogP contribution in [0.4, 0.5) is 0 Å². The third-order valence-corrected chi connectivity index (χ3v) is 2.76. The molecule has 1 atom stereocenters. The molecule has 6 nitrogen and oxygen atoms in total. The molecule has 6 heteroatoms. The molecule has 0 aromatic heterocycles. The van der Waals surface area contributed by atoms with E-state index in [0.29, 0.717) is 17.9 Å². The molecule has 19 heavy (non-hydrogen) atoms. The van der Waals surface area contributed by atoms with Crippen LogP contribution in [0, 0.1) is 0 Å². The molecule has 102 valence electrons. The number of carbonyl (C=O) groups is 2. The fourth-order valence-corrected chi connectivity index (χ4v) is 1.75. The van der Waals surface area contributed by atoms with Crippen molar-refractivity contribution < 1.29 is 28.5 Å². The number of cyclic esters (lactones) is 1. The van der Waals surface area contributed by atoms with Crippen LogP contribution in [0.25, 0.3) is 0 Å². The van der Waals surface area contributed by atoms with Gasteiger partial charge in [0.15, 0.2) is 0 Å². The van der Waals surface area contributed by atoms with Crippen molar-refractivity contribution in [2.45, 2.75) is 12.5 Å². The van der Waals surface area contributed by atoms with Gasteiger partial charge < -0.3 is 18.9 Å². The Bertz CT molecular complexity index is 496. The Hall–Kier alpha value is -2.24. The van der Waals surface area contributed by atoms with Crippen LogP contribution in [0.3, 0.4) is 0 Å². The van der Waals surface area contributed by atoms with Crippen molar-refractivity contribution in [1.29, 1.82) is 0 Å². The Morgan fingerprint density at radius 1 is 1.32 bits per heavy atom. The maximum Gasteiger partial charge on any atom is 0.347 e. The van der Waals surface area contributed by atoms with E-state index in [1.807, 2.05) is 0 Å². The third-order valence-electron chi connectivity index (χ3n) is 2.76. The molecule has 0 aliphatic carbocycles. The van der Waals surface area contributed by atoms with Gasteiger partial charge in [-0.1, -0.05) is 0 Å². The Labute approximate surface area is 110 Å². The predicted molar refractivity (Wildman–Crippen MR) is 64.3 cm³/mol. The Morgan fingerprint density at radius 2 is 2.11 bits per heavy atom. The standard InChI is InChI=1S/C13H14O6/c1-16-8-3-4-10(17-2)9(7-8)12(14)19-11-5-6-18-13(11)15/h3-4,7,11H,5-6H2,1-2H3/t11-/m0/s1. The van der Waals surface area contributed by atoms with E-state index >= 15 is 0 Å². The smallest absolute Gasteiger partial charge is 0.347 e. The molecule has 0 amide bonds. The number of carbonyl (C=O) groups excluding carboxylic acids is 2. The summed E-state index contributed by atoms with van der Waals surface area (Å²) in [5.41, 5.74) is 0.210. The average Bonchev–Trinajstić information content (AvgIpc) is 2.83. The molecular weight excluding hydrogens is 252 g/mol. The highest BCUT2D eigenvalue weighted by molar-refractivity contribution is 5.94. The Balaban J connectivity index is 2.19. The second kappa shape index (κ2) is 5.60. The van der Waals surface area contributed by atoms with Crippen LogP contribution in [0.15, 0.2) is 18.2 Å². The van der Waals surface area contributed by atoms with Crippen LogP contribution in [0.5, 0.6) is 11.5 Å². The van der Waals surface area contributed by atoms with Crippen molar-refractivity contribution in [1.82, 2.24) is 0 Å². The molecular formula is C13H14O6. The van der Waals surface area contributed by atoms with E-state index in [4.69, 9.17) is 18.9 Å². The summed E-state index contributed by atoms with van der Waals surface area (Å²) >= 11 is 0. The molecule has 0 spiro atoms. The van der Waals surface area contributed by atoms with Gasteiger partial charge in [0.2, 0.25) is 6.10 Å². The number of rotatable bonds is 4. The normalized spacial score (nSPS) is 17.8. The lowest BCUT2D eigenvalue weighted by Gasteiger charge is -2.12. The zero-order valence-electron chi connectivity index (χ0n) is 10.7. The molecule has 0 saturated carbocycles. The van der Waals surface area contributed by atoms with Crippen LogP contribution < -0.4 is 9.47 Å². The Kier molecular flexibility index (Phi) is 3.89. The van der Waals surface area contributed by atoms with Crippen molar-refractivity contribution in [3.8, 4) is 11.5 Å². The number of esters is 2. The van der Waals surface area contributed by atoms with E-state index in [2.05, 4.69) is 0 Å². The van der Waals surface area contributed by atoms with Gasteiger partial charge in [0, 0.05) is 6.42 Å². The number of benzene rings is 1. The summed E-state index contributed by atoms with van der Waals surface area (Å²) in [5, 5.41) is 0. The van der Waals surface area contributed by atoms with E-state index < -0.39 is 18.0 Å². The van der Waals surface area contributed by atoms with Crippen molar-refractivity contribution in [3.63, 3.8) is 0 Å². The fourth-order valence-electron chi connectivity index (χ4n) is 1.75. The van der Waals surface area contributed by atoms with E-state index in [1.165, 1.54) is 20.3 Å². The fraction of sp³-hybridized carbons (Fsp3) is 0.385. The first-order chi connectivity index (χ1) is 9.15. The van der Waals surface area contributed by atoms with Gasteiger partial charge in [0.05, 0.1) is 20.8 Å². The van der Waals surface area contributed by atoms with Crippen molar-refractivity contribution >= 4 is 11.9 Å². The summed E-state index contributed by atoms with van der Waals surface area (Å²) in [6, 6.07) is 4.77. The summed E-state index contributed by atoms with van der Waals surface area (Å²) in [6.45, 7) is 0.270. The molecule has 1 aliphatic rings. The van der Waals surface area contributed by atoms with E-state index in [9.17, 15) is 9.59 Å². The van der Waals surface area contributed by atoms with Crippen molar-refractivity contribution in [2.75, 3.05) is 20.8 Å². The topological polar surface area (TPSA) is 71.1 Å². The van der Waals surface area contributed by atoms with E-state index in [-0.39, 0.29) is 12.2 Å². The molecule has 0 radical (unpaired) electrons. The van der Waals surface area contributed by atoms with Gasteiger partial charge in [0.25, 0.3) is 0 Å². The molecule has 0 N–H and O–H groups in total. The van der Waals surface area contributed by atoms with Gasteiger partial charge in [-0.15, -0.1) is 0 Å². The molecule has 1 aromatic rings. The van der Waals surface area contributed by atoms with Crippen molar-refractivity contribution in [3.05, 3.63) is 23.8 Å². The van der Waals surface area contributed by atoms with Gasteiger partial charge in [-0.25, -0.2) is 9.59 Å². The van der Waals surface area contributed by atoms with Crippen LogP contribution in [-0.2, 0) is 14.3 Å². The highest BCUT2D eigenvalue weighted by Gasteiger charge is 2.31. The maximum atomic E-state index is 12.0. The highest BCUT2D eigenvalue weighted by Crippen LogP contribution is 2.25. The van der Waals surface area contributed by atoms with Crippen LogP contribution in [0.1, 0.15) is 16.8 Å². The van der Waals surface area contributed by atoms with Crippen molar-refractivity contribution in [2.24, 2.45) is 0 Å². The quantitative estimate of drug-likeness (QED) is 0.762. The Morgan fingerprint density at radius 3 is 2.68 bits per heavy atom. The highest BCUT2D eigenvalue weighted by atomic mass is 16.6. The van der Waals surface area contributed by atoms with Gasteiger partial charge >= 0.3 is 11.9 Å². The first kappa shape index (κ1) is 13.2. The van der Waals surface area contributed by atoms with Gasteiger partial charge in [-0.2, -0.15) is 0 Å². The minimum Gasteiger partial charge on any atom is -0.497 e. The first-order valence-corrected chi connectivity index (χ1v) is 5.75. The minimum atomic E-state index is -0.844. The van der Waals surface area contributed by atoms with Gasteiger partial charge in [-0.3, -0.25) is 0 Å². The first-order valence-electron chi connectivity index (χ1n) is 5.75. The van der Waals surface area contributed by atoms with Crippen LogP contribution in [-0.4, -0.2) is 38.9 Å². The summed E-state index contributed by atoms with van der Waals surface area (Å²) in [6.07, 6.45) is -0.472. The summed E-state index contributed by atoms with van der Waals surface area (Å²) in [7, 11) is 2.94. The number of hydrogen-bond acceptors (Lipinski definition) is 6. The largest absolute Gasteiger partial charge is 0.497 e. The second-order valence-corrected chi connectivity index (χ2v) is 3.92. The molecule has 1 aromatic carbocycles. The third kappa shape index (κ3) is 2.78. The number of methoxy groups -OCH3 is 2. The summed E-state index contributed by atoms with van der Waals surface area (Å²) in [4.78, 5) is 23.3. The molecule has 2 rings (SSSR count). The molecule has 1 aliphatic heterocycles. The maximum absolute atomic E-state index is 12.0. The number of ether oxygens (including phenoxy) is 4. The zero-order chi connectivity index (χ0) is 13.8. The van der Waals surface area contributed by atoms with Gasteiger partial charge in [-0.05, 0) is 18.2 Å². The van der Waals surface area contributed by atoms with Crippen LogP contribution in [0.2, 0.25) is 0 Å². The molecule has 1 saturated heterocycles. The van der Waals surface area contributed by atoms with Gasteiger partial charge in [0.1, 0.15) is 17.1 Å². The summed E-state index contributed by atoms with van der Waals surface area (Å²) in [5.74, 6) is -0.297. The average molecular weight is 266 g/mol. The number of hydrogen-bond donors (Lipinski definition) is 0. The lowest BCUT2D eigenvalue weighted by molar-refractivity contribution is -0.145. The predicted octanol–water partition coefficient (Wildman–Crippen LogP) is 1.18. The van der Waals surface area contributed by atoms with Crippen LogP contribution >= 0.6 is 0 Å².